The molecule has 1 atom stereocenters. The summed E-state index contributed by atoms with van der Waals surface area (Å²) in [6, 6.07) is 5.89. The number of hydrogen-bond donors (Lipinski definition) is 1. The number of halogens is 1. The van der Waals surface area contributed by atoms with Crippen LogP contribution in [0.5, 0.6) is 11.5 Å². The highest BCUT2D eigenvalue weighted by Crippen LogP contribution is 2.43. The van der Waals surface area contributed by atoms with E-state index in [1.165, 1.54) is 0 Å². The van der Waals surface area contributed by atoms with Gasteiger partial charge in [0.15, 0.2) is 11.5 Å². The zero-order chi connectivity index (χ0) is 13.2. The highest BCUT2D eigenvalue weighted by atomic mass is 35.5. The molecule has 1 N–H and O–H groups in total. The van der Waals surface area contributed by atoms with Gasteiger partial charge in [0.25, 0.3) is 0 Å². The molecule has 19 heavy (non-hydrogen) atoms. The first-order chi connectivity index (χ1) is 9.28. The summed E-state index contributed by atoms with van der Waals surface area (Å²) in [5.74, 6) is 1.90. The lowest BCUT2D eigenvalue weighted by atomic mass is 10.0. The molecule has 1 aromatic carbocycles. The molecule has 1 aliphatic heterocycles. The molecule has 1 heterocycles. The van der Waals surface area contributed by atoms with Crippen LogP contribution in [-0.4, -0.2) is 25.0 Å². The molecule has 2 aliphatic rings. The number of rotatable bonds is 4. The number of hydrogen-bond acceptors (Lipinski definition) is 3. The quantitative estimate of drug-likeness (QED) is 0.861. The van der Waals surface area contributed by atoms with Crippen LogP contribution < -0.4 is 14.8 Å². The number of fused-ring (bicyclic) bond motifs is 1. The fourth-order valence-corrected chi connectivity index (χ4v) is 2.45. The predicted octanol–water partition coefficient (Wildman–Crippen LogP) is 2.26. The molecule has 0 aromatic heterocycles. The number of carbonyl (C=O) groups excluding carboxylic acids is 1. The molecule has 1 fully saturated rings. The third kappa shape index (κ3) is 2.78. The van der Waals surface area contributed by atoms with Gasteiger partial charge in [-0.15, -0.1) is 11.6 Å². The Morgan fingerprint density at radius 3 is 2.74 bits per heavy atom. The number of amides is 1. The van der Waals surface area contributed by atoms with Crippen LogP contribution in [0, 0.1) is 5.92 Å². The Kier molecular flexibility index (Phi) is 3.51. The summed E-state index contributed by atoms with van der Waals surface area (Å²) >= 11 is 5.57. The number of carbonyl (C=O) groups is 1. The first kappa shape index (κ1) is 12.6. The Morgan fingerprint density at radius 2 is 2.05 bits per heavy atom. The van der Waals surface area contributed by atoms with Crippen molar-refractivity contribution < 1.29 is 14.3 Å². The van der Waals surface area contributed by atoms with Gasteiger partial charge in [-0.25, -0.2) is 0 Å². The second kappa shape index (κ2) is 5.29. The lowest BCUT2D eigenvalue weighted by molar-refractivity contribution is -0.119. The molecule has 3 rings (SSSR count). The van der Waals surface area contributed by atoms with Gasteiger partial charge in [-0.1, -0.05) is 6.07 Å². The van der Waals surface area contributed by atoms with E-state index in [0.29, 0.717) is 19.1 Å². The second-order valence-corrected chi connectivity index (χ2v) is 5.19. The van der Waals surface area contributed by atoms with Crippen molar-refractivity contribution in [2.24, 2.45) is 5.92 Å². The van der Waals surface area contributed by atoms with Gasteiger partial charge in [-0.3, -0.25) is 4.79 Å². The number of benzene rings is 1. The average Bonchev–Trinajstić information content (AvgIpc) is 3.28. The zero-order valence-corrected chi connectivity index (χ0v) is 11.3. The van der Waals surface area contributed by atoms with E-state index in [2.05, 4.69) is 5.32 Å². The summed E-state index contributed by atoms with van der Waals surface area (Å²) in [7, 11) is 0. The van der Waals surface area contributed by atoms with Crippen LogP contribution in [0.15, 0.2) is 18.2 Å². The maximum absolute atomic E-state index is 11.5. The monoisotopic (exact) mass is 281 g/mol. The smallest absolute Gasteiger partial charge is 0.235 e. The van der Waals surface area contributed by atoms with E-state index in [1.54, 1.807) is 0 Å². The summed E-state index contributed by atoms with van der Waals surface area (Å²) < 4.78 is 11.1. The van der Waals surface area contributed by atoms with E-state index >= 15 is 0 Å². The number of alkyl halides is 1. The molecule has 5 heteroatoms. The third-order valence-corrected chi connectivity index (χ3v) is 3.70. The van der Waals surface area contributed by atoms with Gasteiger partial charge in [0.05, 0.1) is 6.04 Å². The lowest BCUT2D eigenvalue weighted by Gasteiger charge is -2.22. The van der Waals surface area contributed by atoms with Crippen LogP contribution in [0.3, 0.4) is 0 Å². The van der Waals surface area contributed by atoms with Crippen LogP contribution in [0.2, 0.25) is 0 Å². The van der Waals surface area contributed by atoms with Crippen LogP contribution >= 0.6 is 11.6 Å². The normalized spacial score (nSPS) is 18.8. The second-order valence-electron chi connectivity index (χ2n) is 4.92. The lowest BCUT2D eigenvalue weighted by Crippen LogP contribution is -2.30. The fraction of sp³-hybridized carbons (Fsp3) is 0.500. The van der Waals surface area contributed by atoms with Gasteiger partial charge in [-0.05, 0) is 36.5 Å². The zero-order valence-electron chi connectivity index (χ0n) is 10.5. The highest BCUT2D eigenvalue weighted by molar-refractivity contribution is 6.27. The Bertz CT molecular complexity index is 488. The molecular formula is C14H16ClNO3. The van der Waals surface area contributed by atoms with Crippen molar-refractivity contribution in [1.82, 2.24) is 5.32 Å². The van der Waals surface area contributed by atoms with Gasteiger partial charge in [0.1, 0.15) is 19.1 Å². The minimum Gasteiger partial charge on any atom is -0.486 e. The Morgan fingerprint density at radius 1 is 1.32 bits per heavy atom. The van der Waals surface area contributed by atoms with E-state index in [0.717, 1.165) is 29.9 Å². The minimum absolute atomic E-state index is 0.00618. The van der Waals surface area contributed by atoms with Gasteiger partial charge in [0, 0.05) is 0 Å². The number of nitrogens with one attached hydrogen (secondary N) is 1. The van der Waals surface area contributed by atoms with E-state index in [-0.39, 0.29) is 17.8 Å². The fourth-order valence-electron chi connectivity index (χ4n) is 2.37. The van der Waals surface area contributed by atoms with Crippen LogP contribution in [0.1, 0.15) is 24.4 Å². The van der Waals surface area contributed by atoms with E-state index in [1.807, 2.05) is 18.2 Å². The summed E-state index contributed by atoms with van der Waals surface area (Å²) in [5, 5.41) is 2.98. The molecule has 0 bridgehead atoms. The Labute approximate surface area is 117 Å². The van der Waals surface area contributed by atoms with Gasteiger partial charge >= 0.3 is 0 Å². The molecule has 0 radical (unpaired) electrons. The van der Waals surface area contributed by atoms with Crippen molar-refractivity contribution in [2.75, 3.05) is 19.1 Å². The molecule has 4 nitrogen and oxygen atoms in total. The molecule has 1 amide bonds. The topological polar surface area (TPSA) is 47.6 Å². The van der Waals surface area contributed by atoms with Crippen LogP contribution in [-0.2, 0) is 4.79 Å². The van der Waals surface area contributed by atoms with Crippen molar-refractivity contribution in [3.63, 3.8) is 0 Å². The Balaban J connectivity index is 1.83. The van der Waals surface area contributed by atoms with Crippen molar-refractivity contribution in [1.29, 1.82) is 0 Å². The van der Waals surface area contributed by atoms with Crippen molar-refractivity contribution in [2.45, 2.75) is 18.9 Å². The molecule has 1 unspecified atom stereocenters. The van der Waals surface area contributed by atoms with Crippen LogP contribution in [0.25, 0.3) is 0 Å². The predicted molar refractivity (Wildman–Crippen MR) is 71.8 cm³/mol. The van der Waals surface area contributed by atoms with Gasteiger partial charge in [-0.2, -0.15) is 0 Å². The van der Waals surface area contributed by atoms with Crippen molar-refractivity contribution >= 4 is 17.5 Å². The molecule has 0 spiro atoms. The molecular weight excluding hydrogens is 266 g/mol. The van der Waals surface area contributed by atoms with Gasteiger partial charge in [0.2, 0.25) is 5.91 Å². The van der Waals surface area contributed by atoms with E-state index < -0.39 is 0 Å². The minimum atomic E-state index is -0.131. The molecule has 1 aromatic rings. The van der Waals surface area contributed by atoms with Crippen LogP contribution in [0.4, 0.5) is 0 Å². The van der Waals surface area contributed by atoms with E-state index in [4.69, 9.17) is 21.1 Å². The summed E-state index contributed by atoms with van der Waals surface area (Å²) in [6.45, 7) is 1.15. The van der Waals surface area contributed by atoms with Crippen molar-refractivity contribution in [3.8, 4) is 11.5 Å². The standard InChI is InChI=1S/C14H16ClNO3/c15-8-13(17)16-14(9-1-2-9)10-3-4-11-12(7-10)19-6-5-18-11/h3-4,7,9,14H,1-2,5-6,8H2,(H,16,17). The molecule has 1 aliphatic carbocycles. The summed E-state index contributed by atoms with van der Waals surface area (Å²) in [6.07, 6.45) is 2.28. The number of ether oxygens (including phenoxy) is 2. The molecule has 0 saturated heterocycles. The molecule has 102 valence electrons. The van der Waals surface area contributed by atoms with Crippen molar-refractivity contribution in [3.05, 3.63) is 23.8 Å². The van der Waals surface area contributed by atoms with Gasteiger partial charge < -0.3 is 14.8 Å². The largest absolute Gasteiger partial charge is 0.486 e. The highest BCUT2D eigenvalue weighted by Gasteiger charge is 2.33. The average molecular weight is 282 g/mol. The SMILES string of the molecule is O=C(CCl)NC(c1ccc2c(c1)OCCO2)C1CC1. The first-order valence-corrected chi connectivity index (χ1v) is 7.06. The molecule has 1 saturated carbocycles. The first-order valence-electron chi connectivity index (χ1n) is 6.53. The third-order valence-electron chi connectivity index (χ3n) is 3.46. The van der Waals surface area contributed by atoms with E-state index in [9.17, 15) is 4.79 Å². The Hall–Kier alpha value is -1.42. The summed E-state index contributed by atoms with van der Waals surface area (Å²) in [4.78, 5) is 11.5. The maximum Gasteiger partial charge on any atom is 0.235 e. The maximum atomic E-state index is 11.5. The summed E-state index contributed by atoms with van der Waals surface area (Å²) in [5.41, 5.74) is 1.06.